The Morgan fingerprint density at radius 3 is 1.96 bits per heavy atom. The van der Waals surface area contributed by atoms with Gasteiger partial charge in [0, 0.05) is 21.8 Å². The zero-order chi connectivity index (χ0) is 36.1. The molecule has 0 bridgehead atoms. The van der Waals surface area contributed by atoms with Crippen LogP contribution in [0.25, 0.3) is 6.08 Å². The number of aryl methyl sites for hydroxylation is 1. The number of thioether (sulfide) groups is 1. The zero-order valence-electron chi connectivity index (χ0n) is 28.5. The maximum atomic E-state index is 13.7. The van der Waals surface area contributed by atoms with Crippen LogP contribution >= 0.6 is 11.8 Å². The number of ether oxygens (including phenoxy) is 1. The van der Waals surface area contributed by atoms with E-state index < -0.39 is 17.1 Å². The molecule has 0 aliphatic heterocycles. The van der Waals surface area contributed by atoms with Crippen molar-refractivity contribution < 1.29 is 19.1 Å². The lowest BCUT2D eigenvalue weighted by molar-refractivity contribution is -0.116. The molecular weight excluding hydrogens is 667 g/mol. The van der Waals surface area contributed by atoms with E-state index in [9.17, 15) is 14.4 Å². The predicted molar refractivity (Wildman–Crippen MR) is 209 cm³/mol. The molecule has 0 spiro atoms. The van der Waals surface area contributed by atoms with Crippen molar-refractivity contribution in [3.63, 3.8) is 0 Å². The number of hydrogen-bond acceptors (Lipinski definition) is 5. The zero-order valence-corrected chi connectivity index (χ0v) is 29.3. The summed E-state index contributed by atoms with van der Waals surface area (Å²) >= 11 is 1.42. The molecule has 0 saturated carbocycles. The van der Waals surface area contributed by atoms with Crippen molar-refractivity contribution in [1.29, 1.82) is 0 Å². The first-order valence-electron chi connectivity index (χ1n) is 16.8. The van der Waals surface area contributed by atoms with E-state index in [1.54, 1.807) is 42.5 Å². The number of hydrogen-bond donors (Lipinski definition) is 3. The number of carbonyl (C=O) groups excluding carboxylic acids is 3. The molecule has 8 heteroatoms. The van der Waals surface area contributed by atoms with E-state index in [1.807, 2.05) is 134 Å². The summed E-state index contributed by atoms with van der Waals surface area (Å²) < 4.78 is 5.91. The molecule has 0 saturated heterocycles. The van der Waals surface area contributed by atoms with Crippen LogP contribution in [0, 0.1) is 6.92 Å². The van der Waals surface area contributed by atoms with Crippen LogP contribution in [-0.2, 0) is 16.2 Å². The van der Waals surface area contributed by atoms with E-state index >= 15 is 0 Å². The number of nitrogens with one attached hydrogen (secondary N) is 3. The number of benzene rings is 6. The first-order chi connectivity index (χ1) is 25.4. The number of anilines is 2. The summed E-state index contributed by atoms with van der Waals surface area (Å²) in [6.45, 7) is 2.39. The smallest absolute Gasteiger partial charge is 0.272 e. The molecule has 3 N–H and O–H groups in total. The molecule has 6 aromatic rings. The molecule has 0 radical (unpaired) electrons. The summed E-state index contributed by atoms with van der Waals surface area (Å²) in [5, 5.41) is 8.26. The fourth-order valence-electron chi connectivity index (χ4n) is 5.27. The van der Waals surface area contributed by atoms with Gasteiger partial charge in [-0.1, -0.05) is 109 Å². The Labute approximate surface area is 307 Å². The van der Waals surface area contributed by atoms with Gasteiger partial charge in [-0.25, -0.2) is 0 Å². The minimum atomic E-state index is -0.515. The molecule has 7 nitrogen and oxygen atoms in total. The molecule has 1 unspecified atom stereocenters. The number of para-hydroxylation sites is 1. The Hall–Kier alpha value is -6.38. The maximum absolute atomic E-state index is 13.7. The highest BCUT2D eigenvalue weighted by Gasteiger charge is 2.23. The first kappa shape index (κ1) is 35.4. The fraction of sp³-hybridized carbons (Fsp3) is 0.0682. The molecule has 0 aliphatic rings. The van der Waals surface area contributed by atoms with Crippen molar-refractivity contribution in [2.45, 2.75) is 23.7 Å². The monoisotopic (exact) mass is 703 g/mol. The van der Waals surface area contributed by atoms with Gasteiger partial charge in [-0.15, -0.1) is 11.8 Å². The van der Waals surface area contributed by atoms with Crippen molar-refractivity contribution in [1.82, 2.24) is 5.32 Å². The third-order valence-corrected chi connectivity index (χ3v) is 9.34. The van der Waals surface area contributed by atoms with E-state index in [0.29, 0.717) is 29.2 Å². The summed E-state index contributed by atoms with van der Waals surface area (Å²) in [4.78, 5) is 41.2. The van der Waals surface area contributed by atoms with E-state index in [2.05, 4.69) is 16.0 Å². The van der Waals surface area contributed by atoms with Crippen molar-refractivity contribution in [3.8, 4) is 5.75 Å². The highest BCUT2D eigenvalue weighted by atomic mass is 32.2. The van der Waals surface area contributed by atoms with Crippen molar-refractivity contribution >= 4 is 46.9 Å². The van der Waals surface area contributed by atoms with Gasteiger partial charge in [0.2, 0.25) is 5.91 Å². The van der Waals surface area contributed by atoms with Crippen molar-refractivity contribution in [2.75, 3.05) is 10.6 Å². The largest absolute Gasteiger partial charge is 0.489 e. The Kier molecular flexibility index (Phi) is 11.9. The van der Waals surface area contributed by atoms with Crippen molar-refractivity contribution in [3.05, 3.63) is 197 Å². The number of rotatable bonds is 13. The van der Waals surface area contributed by atoms with Gasteiger partial charge in [0.05, 0.1) is 0 Å². The minimum absolute atomic E-state index is 0.0716. The summed E-state index contributed by atoms with van der Waals surface area (Å²) in [7, 11) is 0. The topological polar surface area (TPSA) is 96.5 Å². The fourth-order valence-corrected chi connectivity index (χ4v) is 6.30. The Bertz CT molecular complexity index is 2140. The van der Waals surface area contributed by atoms with Crippen LogP contribution in [0.2, 0.25) is 0 Å². The summed E-state index contributed by atoms with van der Waals surface area (Å²) in [6.07, 6.45) is 1.62. The number of carbonyl (C=O) groups is 3. The Morgan fingerprint density at radius 1 is 0.673 bits per heavy atom. The molecule has 258 valence electrons. The van der Waals surface area contributed by atoms with E-state index in [-0.39, 0.29) is 11.6 Å². The van der Waals surface area contributed by atoms with Crippen LogP contribution in [0.3, 0.4) is 0 Å². The highest BCUT2D eigenvalue weighted by Crippen LogP contribution is 2.37. The second-order valence-corrected chi connectivity index (χ2v) is 13.1. The normalized spacial score (nSPS) is 11.6. The molecule has 52 heavy (non-hydrogen) atoms. The van der Waals surface area contributed by atoms with Crippen LogP contribution in [0.5, 0.6) is 5.75 Å². The van der Waals surface area contributed by atoms with Gasteiger partial charge in [-0.05, 0) is 89.9 Å². The lowest BCUT2D eigenvalue weighted by Crippen LogP contribution is -2.30. The highest BCUT2D eigenvalue weighted by molar-refractivity contribution is 8.00. The van der Waals surface area contributed by atoms with Gasteiger partial charge >= 0.3 is 0 Å². The third kappa shape index (κ3) is 9.87. The first-order valence-corrected chi connectivity index (χ1v) is 17.6. The summed E-state index contributed by atoms with van der Waals surface area (Å²) in [6, 6.07) is 50.5. The Morgan fingerprint density at radius 2 is 1.29 bits per heavy atom. The summed E-state index contributed by atoms with van der Waals surface area (Å²) in [5.41, 5.74) is 5.39. The second kappa shape index (κ2) is 17.5. The third-order valence-electron chi connectivity index (χ3n) is 8.08. The van der Waals surface area contributed by atoms with Gasteiger partial charge < -0.3 is 20.7 Å². The molecule has 6 aromatic carbocycles. The van der Waals surface area contributed by atoms with Crippen LogP contribution < -0.4 is 20.7 Å². The molecule has 0 aliphatic carbocycles. The molecule has 0 fully saturated rings. The van der Waals surface area contributed by atoms with E-state index in [1.165, 1.54) is 11.8 Å². The average molecular weight is 704 g/mol. The summed E-state index contributed by atoms with van der Waals surface area (Å²) in [5.74, 6) is -0.357. The standard InChI is InChI=1S/C44H37N3O4S/c1-31-13-11-12-20-39(31)46-44(50)41(34-16-7-3-8-17-34)52-38-27-23-36(24-28-38)45-43(49)40(47-42(48)35-18-9-4-10-19-35)29-32-21-25-37(26-22-32)51-30-33-14-5-2-6-15-33/h2-29,41H,30H2,1H3,(H,45,49)(H,46,50)(H,47,48)/b40-29-. The van der Waals surface area contributed by atoms with E-state index in [4.69, 9.17) is 4.74 Å². The molecule has 3 amide bonds. The van der Waals surface area contributed by atoms with Gasteiger partial charge in [-0.3, -0.25) is 14.4 Å². The van der Waals surface area contributed by atoms with Gasteiger partial charge in [0.25, 0.3) is 11.8 Å². The molecular formula is C44H37N3O4S. The van der Waals surface area contributed by atoms with Crippen LogP contribution in [0.15, 0.2) is 174 Å². The van der Waals surface area contributed by atoms with Crippen molar-refractivity contribution in [2.24, 2.45) is 0 Å². The molecule has 0 aromatic heterocycles. The second-order valence-electron chi connectivity index (χ2n) is 11.9. The molecule has 0 heterocycles. The SMILES string of the molecule is Cc1ccccc1NC(=O)C(Sc1ccc(NC(=O)/C(=C/c2ccc(OCc3ccccc3)cc2)NC(=O)c2ccccc2)cc1)c1ccccc1. The van der Waals surface area contributed by atoms with Gasteiger partial charge in [0.15, 0.2) is 0 Å². The quantitative estimate of drug-likeness (QED) is 0.0823. The lowest BCUT2D eigenvalue weighted by Gasteiger charge is -2.18. The van der Waals surface area contributed by atoms with Gasteiger partial charge in [0.1, 0.15) is 23.3 Å². The van der Waals surface area contributed by atoms with Crippen LogP contribution in [0.1, 0.15) is 37.9 Å². The Balaban J connectivity index is 1.17. The lowest BCUT2D eigenvalue weighted by atomic mass is 10.1. The maximum Gasteiger partial charge on any atom is 0.272 e. The van der Waals surface area contributed by atoms with Gasteiger partial charge in [-0.2, -0.15) is 0 Å². The van der Waals surface area contributed by atoms with Crippen LogP contribution in [-0.4, -0.2) is 17.7 Å². The predicted octanol–water partition coefficient (Wildman–Crippen LogP) is 9.46. The average Bonchev–Trinajstić information content (AvgIpc) is 3.19. The van der Waals surface area contributed by atoms with E-state index in [0.717, 1.165) is 27.3 Å². The van der Waals surface area contributed by atoms with Crippen LogP contribution in [0.4, 0.5) is 11.4 Å². The molecule has 6 rings (SSSR count). The minimum Gasteiger partial charge on any atom is -0.489 e. The number of amides is 3. The molecule has 1 atom stereocenters.